The van der Waals surface area contributed by atoms with Crippen molar-refractivity contribution in [3.05, 3.63) is 24.8 Å². The first kappa shape index (κ1) is 17.7. The maximum Gasteiger partial charge on any atom is 0.271 e. The second kappa shape index (κ2) is 8.81. The Morgan fingerprint density at radius 3 is 2.40 bits per heavy atom. The van der Waals surface area contributed by atoms with Crippen molar-refractivity contribution in [2.45, 2.75) is 33.6 Å². The van der Waals surface area contributed by atoms with Gasteiger partial charge in [0.2, 0.25) is 0 Å². The van der Waals surface area contributed by atoms with Gasteiger partial charge in [-0.15, -0.1) is 0 Å². The molecule has 0 aromatic heterocycles. The molecule has 1 aromatic carbocycles. The summed E-state index contributed by atoms with van der Waals surface area (Å²) in [5, 5.41) is 3.92. The molecule has 0 spiro atoms. The second-order valence-electron chi connectivity index (χ2n) is 4.47. The highest BCUT2D eigenvalue weighted by Crippen LogP contribution is 2.29. The lowest BCUT2D eigenvalue weighted by atomic mass is 10.2. The van der Waals surface area contributed by atoms with Crippen molar-refractivity contribution >= 4 is 56.8 Å². The fraction of sp³-hybridized carbons (Fsp3) is 0.429. The molecule has 6 heteroatoms. The Bertz CT molecular complexity index is 489. The average molecular weight is 500 g/mol. The Balaban J connectivity index is 2.87. The summed E-state index contributed by atoms with van der Waals surface area (Å²) in [6.07, 6.45) is 2.13. The Morgan fingerprint density at radius 2 is 1.90 bits per heavy atom. The predicted molar refractivity (Wildman–Crippen MR) is 98.5 cm³/mol. The number of carbonyl (C=O) groups excluding carboxylic acids is 1. The van der Waals surface area contributed by atoms with Crippen LogP contribution in [0.3, 0.4) is 0 Å². The summed E-state index contributed by atoms with van der Waals surface area (Å²) in [5.74, 6) is 0.647. The molecule has 4 nitrogen and oxygen atoms in total. The molecule has 0 radical (unpaired) electrons. The van der Waals surface area contributed by atoms with Gasteiger partial charge in [0.15, 0.2) is 0 Å². The first-order chi connectivity index (χ1) is 9.45. The number of hydrogen-bond donors (Lipinski definition) is 1. The largest absolute Gasteiger partial charge is 0.491 e. The van der Waals surface area contributed by atoms with E-state index in [0.717, 1.165) is 31.4 Å². The third-order valence-electron chi connectivity index (χ3n) is 2.39. The molecule has 0 aliphatic rings. The van der Waals surface area contributed by atoms with E-state index < -0.39 is 0 Å². The van der Waals surface area contributed by atoms with E-state index in [1.165, 1.54) is 0 Å². The number of hydrogen-bond acceptors (Lipinski definition) is 3. The summed E-state index contributed by atoms with van der Waals surface area (Å²) in [4.78, 5) is 12.0. The monoisotopic (exact) mass is 500 g/mol. The van der Waals surface area contributed by atoms with Crippen LogP contribution in [-0.2, 0) is 0 Å². The predicted octanol–water partition coefficient (Wildman–Crippen LogP) is 4.20. The summed E-state index contributed by atoms with van der Waals surface area (Å²) >= 11 is 4.39. The van der Waals surface area contributed by atoms with Gasteiger partial charge in [-0.25, -0.2) is 5.43 Å². The first-order valence-corrected chi connectivity index (χ1v) is 8.54. The lowest BCUT2D eigenvalue weighted by Crippen LogP contribution is -2.19. The molecule has 0 fully saturated rings. The molecule has 1 N–H and O–H groups in total. The number of halogens is 2. The number of amides is 1. The molecular formula is C14H18I2N2O2. The highest BCUT2D eigenvalue weighted by Gasteiger charge is 2.13. The van der Waals surface area contributed by atoms with Crippen LogP contribution in [0.2, 0.25) is 0 Å². The van der Waals surface area contributed by atoms with Crippen molar-refractivity contribution in [3.63, 3.8) is 0 Å². The zero-order chi connectivity index (χ0) is 15.1. The van der Waals surface area contributed by atoms with E-state index in [9.17, 15) is 4.79 Å². The van der Waals surface area contributed by atoms with Crippen LogP contribution < -0.4 is 10.2 Å². The number of carbonyl (C=O) groups is 1. The van der Waals surface area contributed by atoms with E-state index in [0.29, 0.717) is 12.2 Å². The van der Waals surface area contributed by atoms with Gasteiger partial charge in [-0.1, -0.05) is 13.3 Å². The average Bonchev–Trinajstić information content (AvgIpc) is 2.38. The molecule has 0 unspecified atom stereocenters. The summed E-state index contributed by atoms with van der Waals surface area (Å²) in [7, 11) is 0. The number of nitrogens with zero attached hydrogens (tertiary/aromatic N) is 1. The van der Waals surface area contributed by atoms with Gasteiger partial charge in [0.1, 0.15) is 5.75 Å². The molecule has 0 aliphatic carbocycles. The van der Waals surface area contributed by atoms with Crippen molar-refractivity contribution in [1.82, 2.24) is 5.43 Å². The molecule has 0 saturated heterocycles. The number of unbranched alkanes of at least 4 members (excludes halogenated alkanes) is 1. The van der Waals surface area contributed by atoms with Gasteiger partial charge in [-0.2, -0.15) is 5.10 Å². The summed E-state index contributed by atoms with van der Waals surface area (Å²) in [6.45, 7) is 6.49. The molecule has 0 bridgehead atoms. The maximum atomic E-state index is 12.0. The highest BCUT2D eigenvalue weighted by molar-refractivity contribution is 14.1. The number of rotatable bonds is 6. The van der Waals surface area contributed by atoms with Crippen LogP contribution in [0.15, 0.2) is 17.2 Å². The zero-order valence-corrected chi connectivity index (χ0v) is 16.1. The molecule has 0 heterocycles. The number of ether oxygens (including phenoxy) is 1. The second-order valence-corrected chi connectivity index (χ2v) is 6.80. The minimum absolute atomic E-state index is 0.206. The third kappa shape index (κ3) is 5.55. The molecule has 1 aromatic rings. The van der Waals surface area contributed by atoms with Gasteiger partial charge in [-0.3, -0.25) is 4.79 Å². The van der Waals surface area contributed by atoms with Crippen LogP contribution in [0.25, 0.3) is 0 Å². The summed E-state index contributed by atoms with van der Waals surface area (Å²) in [6, 6.07) is 3.64. The number of nitrogens with one attached hydrogen (secondary N) is 1. The van der Waals surface area contributed by atoms with Gasteiger partial charge in [0.25, 0.3) is 5.91 Å². The molecule has 0 aliphatic heterocycles. The van der Waals surface area contributed by atoms with Crippen LogP contribution in [0, 0.1) is 7.14 Å². The lowest BCUT2D eigenvalue weighted by molar-refractivity contribution is 0.0954. The SMILES string of the molecule is CCCCOc1c(I)cc(C(=O)NN=C(C)C)cc1I. The van der Waals surface area contributed by atoms with Gasteiger partial charge >= 0.3 is 0 Å². The van der Waals surface area contributed by atoms with E-state index in [1.807, 2.05) is 26.0 Å². The minimum atomic E-state index is -0.206. The van der Waals surface area contributed by atoms with Crippen molar-refractivity contribution in [1.29, 1.82) is 0 Å². The van der Waals surface area contributed by atoms with E-state index in [1.54, 1.807) is 0 Å². The van der Waals surface area contributed by atoms with Crippen LogP contribution >= 0.6 is 45.2 Å². The summed E-state index contributed by atoms with van der Waals surface area (Å²) < 4.78 is 7.64. The quantitative estimate of drug-likeness (QED) is 0.276. The minimum Gasteiger partial charge on any atom is -0.491 e. The van der Waals surface area contributed by atoms with Gasteiger partial charge in [0.05, 0.1) is 13.7 Å². The molecule has 1 amide bonds. The van der Waals surface area contributed by atoms with E-state index >= 15 is 0 Å². The number of hydrazone groups is 1. The maximum absolute atomic E-state index is 12.0. The Morgan fingerprint density at radius 1 is 1.30 bits per heavy atom. The molecule has 20 heavy (non-hydrogen) atoms. The molecule has 110 valence electrons. The fourth-order valence-electron chi connectivity index (χ4n) is 1.37. The zero-order valence-electron chi connectivity index (χ0n) is 11.8. The fourth-order valence-corrected chi connectivity index (χ4v) is 3.45. The van der Waals surface area contributed by atoms with Crippen LogP contribution in [0.5, 0.6) is 5.75 Å². The smallest absolute Gasteiger partial charge is 0.271 e. The summed E-state index contributed by atoms with van der Waals surface area (Å²) in [5.41, 5.74) is 3.92. The number of benzene rings is 1. The Kier molecular flexibility index (Phi) is 7.78. The molecular weight excluding hydrogens is 482 g/mol. The standard InChI is InChI=1S/C14H18I2N2O2/c1-4-5-6-20-13-11(15)7-10(8-12(13)16)14(19)18-17-9(2)3/h7-8H,4-6H2,1-3H3,(H,18,19). The Hall–Kier alpha value is -0.380. The van der Waals surface area contributed by atoms with Crippen LogP contribution in [-0.4, -0.2) is 18.2 Å². The van der Waals surface area contributed by atoms with Crippen LogP contribution in [0.4, 0.5) is 0 Å². The van der Waals surface area contributed by atoms with Gasteiger partial charge in [0, 0.05) is 11.3 Å². The van der Waals surface area contributed by atoms with Crippen molar-refractivity contribution < 1.29 is 9.53 Å². The van der Waals surface area contributed by atoms with Crippen LogP contribution in [0.1, 0.15) is 44.0 Å². The van der Waals surface area contributed by atoms with Crippen molar-refractivity contribution in [2.24, 2.45) is 5.10 Å². The van der Waals surface area contributed by atoms with E-state index in [-0.39, 0.29) is 5.91 Å². The molecule has 1 rings (SSSR count). The lowest BCUT2D eigenvalue weighted by Gasteiger charge is -2.11. The van der Waals surface area contributed by atoms with Gasteiger partial charge in [-0.05, 0) is 77.6 Å². The highest BCUT2D eigenvalue weighted by atomic mass is 127. The first-order valence-electron chi connectivity index (χ1n) is 6.38. The third-order valence-corrected chi connectivity index (χ3v) is 3.99. The topological polar surface area (TPSA) is 50.7 Å². The van der Waals surface area contributed by atoms with Gasteiger partial charge < -0.3 is 4.74 Å². The normalized spacial score (nSPS) is 10.1. The molecule has 0 atom stereocenters. The Labute approximate surface area is 147 Å². The van der Waals surface area contributed by atoms with Crippen molar-refractivity contribution in [2.75, 3.05) is 6.61 Å². The van der Waals surface area contributed by atoms with Crippen molar-refractivity contribution in [3.8, 4) is 5.75 Å². The van der Waals surface area contributed by atoms with E-state index in [4.69, 9.17) is 4.74 Å². The van der Waals surface area contributed by atoms with E-state index in [2.05, 4.69) is 62.6 Å². The molecule has 0 saturated carbocycles.